The molecule has 1 aromatic rings. The van der Waals surface area contributed by atoms with Gasteiger partial charge in [0.1, 0.15) is 24.0 Å². The third-order valence-electron chi connectivity index (χ3n) is 14.6. The quantitative estimate of drug-likeness (QED) is 0.0978. The van der Waals surface area contributed by atoms with Crippen molar-refractivity contribution in [1.82, 2.24) is 4.90 Å². The number of cyclic esters (lactones) is 1. The summed E-state index contributed by atoms with van der Waals surface area (Å²) < 4.78 is 24.4. The fourth-order valence-electron chi connectivity index (χ4n) is 10.5. The van der Waals surface area contributed by atoms with Crippen molar-refractivity contribution in [2.24, 2.45) is 35.5 Å². The van der Waals surface area contributed by atoms with Crippen LogP contribution in [0.25, 0.3) is 6.08 Å². The summed E-state index contributed by atoms with van der Waals surface area (Å²) in [5.41, 5.74) is 2.97. The number of nitrogens with zero attached hydrogens (tertiary/aromatic N) is 1. The molecule has 4 aliphatic rings. The van der Waals surface area contributed by atoms with Crippen molar-refractivity contribution < 1.29 is 63.3 Å². The van der Waals surface area contributed by atoms with Gasteiger partial charge >= 0.3 is 5.97 Å². The molecule has 2 bridgehead atoms. The number of Topliss-reactive ketones (excluding diaryl/α,β-unsaturated/α-hetero) is 3. The van der Waals surface area contributed by atoms with E-state index in [0.717, 1.165) is 16.0 Å². The molecule has 4 N–H and O–H groups in total. The number of carbonyl (C=O) groups excluding carboxylic acids is 5. The standard InChI is InChI=1S/C52H75NO13/c1-30-22-31(2)24-45(63-7)48-46(64-8)26-33(4)52(62,66-48)49(59)50(60)53-21-10-9-14-41(53)51(61)65-47(32(3)25-37-17-20-42(56)40(27-37)29-54)34(5)43(57)28-44(58)39(23-30)13-11-12-36-15-18-38(19-16-36)35(6)55/h11-12,15-16,18-19,23,25,31,33-34,37,39-43,45-48,54,56-57,62H,9-10,13-14,17,20-22,24,26-29H2,1-8H3/b12-11?,30-23+,32-25?/t31-,33+,34+,37-,39+,40-,41?,42+,43-,45-,46-,47+,48+,52+/m0/s1. The predicted octanol–water partition coefficient (Wildman–Crippen LogP) is 5.96. The van der Waals surface area contributed by atoms with Crippen molar-refractivity contribution in [2.75, 3.05) is 27.4 Å². The van der Waals surface area contributed by atoms with Crippen molar-refractivity contribution in [2.45, 2.75) is 161 Å². The molecule has 14 heteroatoms. The minimum absolute atomic E-state index is 0.0387. The zero-order valence-corrected chi connectivity index (χ0v) is 40.2. The Morgan fingerprint density at radius 1 is 0.909 bits per heavy atom. The van der Waals surface area contributed by atoms with E-state index in [-0.39, 0.29) is 61.7 Å². The molecule has 14 nitrogen and oxygen atoms in total. The van der Waals surface area contributed by atoms with Crippen molar-refractivity contribution in [1.29, 1.82) is 0 Å². The zero-order valence-electron chi connectivity index (χ0n) is 40.2. The second-order valence-electron chi connectivity index (χ2n) is 19.7. The maximum Gasteiger partial charge on any atom is 0.329 e. The highest BCUT2D eigenvalue weighted by atomic mass is 16.7. The van der Waals surface area contributed by atoms with E-state index in [1.165, 1.54) is 21.1 Å². The monoisotopic (exact) mass is 922 g/mol. The number of ketones is 3. The molecule has 1 amide bonds. The molecule has 0 radical (unpaired) electrons. The molecule has 1 saturated carbocycles. The third-order valence-corrected chi connectivity index (χ3v) is 14.6. The molecule has 2 saturated heterocycles. The fraction of sp³-hybridized carbons (Fsp3) is 0.673. The summed E-state index contributed by atoms with van der Waals surface area (Å²) in [6.45, 7) is 10.5. The molecule has 1 aromatic carbocycles. The number of fused-ring (bicyclic) bond motifs is 3. The summed E-state index contributed by atoms with van der Waals surface area (Å²) in [5.74, 6) is -8.60. The Morgan fingerprint density at radius 3 is 2.24 bits per heavy atom. The lowest BCUT2D eigenvalue weighted by Gasteiger charge is -2.47. The lowest BCUT2D eigenvalue weighted by molar-refractivity contribution is -0.302. The largest absolute Gasteiger partial charge is 0.456 e. The molecule has 1 aliphatic carbocycles. The maximum atomic E-state index is 14.5. The van der Waals surface area contributed by atoms with Crippen LogP contribution in [0.15, 0.2) is 53.6 Å². The second kappa shape index (κ2) is 23.9. The Balaban J connectivity index is 1.55. The Bertz CT molecular complexity index is 1940. The van der Waals surface area contributed by atoms with Crippen LogP contribution in [0.4, 0.5) is 0 Å². The van der Waals surface area contributed by atoms with Gasteiger partial charge in [0.2, 0.25) is 5.79 Å². The minimum Gasteiger partial charge on any atom is -0.456 e. The van der Waals surface area contributed by atoms with E-state index in [9.17, 15) is 44.4 Å². The van der Waals surface area contributed by atoms with Gasteiger partial charge in [0.05, 0.1) is 24.4 Å². The molecule has 14 atom stereocenters. The van der Waals surface area contributed by atoms with Crippen LogP contribution in [0.3, 0.4) is 0 Å². The van der Waals surface area contributed by atoms with Crippen LogP contribution in [0.1, 0.15) is 128 Å². The van der Waals surface area contributed by atoms with Crippen molar-refractivity contribution in [3.63, 3.8) is 0 Å². The van der Waals surface area contributed by atoms with Crippen LogP contribution >= 0.6 is 0 Å². The van der Waals surface area contributed by atoms with E-state index in [1.807, 2.05) is 50.3 Å². The molecule has 3 heterocycles. The van der Waals surface area contributed by atoms with Crippen molar-refractivity contribution >= 4 is 35.3 Å². The topological polar surface area (TPSA) is 206 Å². The summed E-state index contributed by atoms with van der Waals surface area (Å²) in [6.07, 6.45) is 6.59. The Labute approximate surface area is 390 Å². The van der Waals surface area contributed by atoms with E-state index >= 15 is 0 Å². The summed E-state index contributed by atoms with van der Waals surface area (Å²) in [5, 5.41) is 44.6. The SMILES string of the molecule is CO[C@H]1C[C@@H](C)C/C(C)=C/[C@@H](CC=Cc2ccc(C(C)=O)cc2)C(=O)C[C@H](O)[C@@H](C)[C@@H](C(C)=C[C@@H]2CC[C@@H](O)[C@H](CO)C2)OC(=O)C2CCCCN2C(=O)C(=O)[C@]2(O)O[C@H]1[C@@H](OC)C[C@H]2C. The number of esters is 1. The number of carbonyl (C=O) groups is 5. The third kappa shape index (κ3) is 13.0. The van der Waals surface area contributed by atoms with Crippen LogP contribution in [-0.4, -0.2) is 130 Å². The minimum atomic E-state index is -2.55. The van der Waals surface area contributed by atoms with E-state index < -0.39 is 83.9 Å². The van der Waals surface area contributed by atoms with Crippen LogP contribution in [-0.2, 0) is 38.1 Å². The van der Waals surface area contributed by atoms with Gasteiger partial charge in [0.15, 0.2) is 5.78 Å². The molecule has 0 aromatic heterocycles. The van der Waals surface area contributed by atoms with Gasteiger partial charge in [-0.05, 0) is 108 Å². The van der Waals surface area contributed by atoms with Gasteiger partial charge in [0.25, 0.3) is 11.7 Å². The molecule has 3 aliphatic heterocycles. The number of aliphatic hydroxyl groups is 4. The Morgan fingerprint density at radius 2 is 1.59 bits per heavy atom. The van der Waals surface area contributed by atoms with E-state index in [2.05, 4.69) is 0 Å². The Hall–Kier alpha value is -3.89. The highest BCUT2D eigenvalue weighted by molar-refractivity contribution is 6.39. The van der Waals surface area contributed by atoms with Gasteiger partial charge in [-0.25, -0.2) is 4.79 Å². The average molecular weight is 922 g/mol. The zero-order chi connectivity index (χ0) is 48.5. The molecular formula is C52H75NO13. The van der Waals surface area contributed by atoms with Gasteiger partial charge in [-0.15, -0.1) is 0 Å². The average Bonchev–Trinajstić information content (AvgIpc) is 3.29. The summed E-state index contributed by atoms with van der Waals surface area (Å²) in [4.78, 5) is 70.6. The number of hydrogen-bond donors (Lipinski definition) is 4. The first-order valence-electron chi connectivity index (χ1n) is 24.0. The van der Waals surface area contributed by atoms with Gasteiger partial charge in [-0.2, -0.15) is 0 Å². The molecule has 366 valence electrons. The normalized spacial score (nSPS) is 37.1. The van der Waals surface area contributed by atoms with Crippen molar-refractivity contribution in [3.05, 3.63) is 64.8 Å². The van der Waals surface area contributed by atoms with E-state index in [0.29, 0.717) is 62.5 Å². The first kappa shape index (κ1) is 53.1. The molecular weight excluding hydrogens is 847 g/mol. The molecule has 1 unspecified atom stereocenters. The van der Waals surface area contributed by atoms with Gasteiger partial charge in [-0.3, -0.25) is 19.2 Å². The number of amides is 1. The van der Waals surface area contributed by atoms with Crippen LogP contribution in [0.5, 0.6) is 0 Å². The molecule has 5 rings (SSSR count). The highest BCUT2D eigenvalue weighted by Crippen LogP contribution is 2.39. The summed E-state index contributed by atoms with van der Waals surface area (Å²) in [7, 11) is 3.03. The van der Waals surface area contributed by atoms with Crippen LogP contribution in [0, 0.1) is 35.5 Å². The first-order chi connectivity index (χ1) is 31.3. The van der Waals surface area contributed by atoms with E-state index in [1.54, 1.807) is 32.9 Å². The molecule has 66 heavy (non-hydrogen) atoms. The van der Waals surface area contributed by atoms with Crippen molar-refractivity contribution in [3.8, 4) is 0 Å². The highest BCUT2D eigenvalue weighted by Gasteiger charge is 2.56. The number of benzene rings is 1. The first-order valence-corrected chi connectivity index (χ1v) is 24.0. The smallest absolute Gasteiger partial charge is 0.329 e. The number of rotatable bonds is 9. The van der Waals surface area contributed by atoms with Gasteiger partial charge in [0, 0.05) is 63.0 Å². The number of ether oxygens (including phenoxy) is 4. The number of aliphatic hydroxyl groups excluding tert-OH is 3. The van der Waals surface area contributed by atoms with Gasteiger partial charge in [-0.1, -0.05) is 74.9 Å². The van der Waals surface area contributed by atoms with Crippen LogP contribution < -0.4 is 0 Å². The molecule has 3 fully saturated rings. The second-order valence-corrected chi connectivity index (χ2v) is 19.7. The lowest BCUT2D eigenvalue weighted by atomic mass is 9.78. The van der Waals surface area contributed by atoms with E-state index in [4.69, 9.17) is 18.9 Å². The van der Waals surface area contributed by atoms with Gasteiger partial charge < -0.3 is 44.3 Å². The molecule has 0 spiro atoms. The lowest BCUT2D eigenvalue weighted by Crippen LogP contribution is -2.64. The van der Waals surface area contributed by atoms with Crippen LogP contribution in [0.2, 0.25) is 0 Å². The Kier molecular flexibility index (Phi) is 19.2. The maximum absolute atomic E-state index is 14.5. The summed E-state index contributed by atoms with van der Waals surface area (Å²) in [6, 6.07) is 6.00. The number of methoxy groups -OCH3 is 2. The predicted molar refractivity (Wildman–Crippen MR) is 248 cm³/mol. The number of hydrogen-bond acceptors (Lipinski definition) is 13. The number of piperidine rings is 1. The fourth-order valence-corrected chi connectivity index (χ4v) is 10.5. The summed E-state index contributed by atoms with van der Waals surface area (Å²) >= 11 is 0. The number of allylic oxidation sites excluding steroid dienone is 4.